The number of piperidine rings is 1. The highest BCUT2D eigenvalue weighted by molar-refractivity contribution is 5.83. The summed E-state index contributed by atoms with van der Waals surface area (Å²) >= 11 is 0. The molecule has 1 fully saturated rings. The smallest absolute Gasteiger partial charge is 0.410 e. The van der Waals surface area contributed by atoms with Crippen LogP contribution in [-0.4, -0.2) is 41.8 Å². The molecule has 0 saturated carbocycles. The average Bonchev–Trinajstić information content (AvgIpc) is 2.36. The van der Waals surface area contributed by atoms with Gasteiger partial charge in [-0.1, -0.05) is 19.4 Å². The average molecular weight is 311 g/mol. The molecule has 1 amide bonds. The number of nitrogens with zero attached hydrogens (tertiary/aromatic N) is 1. The summed E-state index contributed by atoms with van der Waals surface area (Å²) in [7, 11) is 0. The van der Waals surface area contributed by atoms with Crippen molar-refractivity contribution in [3.8, 4) is 0 Å². The van der Waals surface area contributed by atoms with Crippen LogP contribution in [0.15, 0.2) is 11.6 Å². The van der Waals surface area contributed by atoms with E-state index in [9.17, 15) is 9.59 Å². The van der Waals surface area contributed by atoms with E-state index in [1.807, 2.05) is 20.8 Å². The number of esters is 1. The summed E-state index contributed by atoms with van der Waals surface area (Å²) in [6.45, 7) is 12.5. The maximum atomic E-state index is 12.4. The van der Waals surface area contributed by atoms with Gasteiger partial charge in [0, 0.05) is 18.7 Å². The number of hydrogen-bond acceptors (Lipinski definition) is 4. The van der Waals surface area contributed by atoms with Crippen LogP contribution < -0.4 is 0 Å². The van der Waals surface area contributed by atoms with E-state index in [1.54, 1.807) is 17.9 Å². The summed E-state index contributed by atoms with van der Waals surface area (Å²) < 4.78 is 10.4. The van der Waals surface area contributed by atoms with E-state index >= 15 is 0 Å². The quantitative estimate of drug-likeness (QED) is 0.591. The van der Waals surface area contributed by atoms with E-state index in [4.69, 9.17) is 9.47 Å². The zero-order chi connectivity index (χ0) is 16.9. The van der Waals surface area contributed by atoms with Gasteiger partial charge in [-0.2, -0.15) is 0 Å². The molecule has 0 bridgehead atoms. The number of carbonyl (C=O) groups is 2. The molecule has 0 radical (unpaired) electrons. The van der Waals surface area contributed by atoms with Gasteiger partial charge in [-0.05, 0) is 46.5 Å². The first kappa shape index (κ1) is 18.5. The van der Waals surface area contributed by atoms with Crippen LogP contribution in [0, 0.1) is 5.92 Å². The largest absolute Gasteiger partial charge is 0.463 e. The van der Waals surface area contributed by atoms with Crippen LogP contribution in [0.3, 0.4) is 0 Å². The monoisotopic (exact) mass is 311 g/mol. The SMILES string of the molecule is CCOC(=O)/C=C1/CCN(C(=O)OC(C)(C)C)C(C(C)C)C1. The Hall–Kier alpha value is -1.52. The minimum atomic E-state index is -0.500. The lowest BCUT2D eigenvalue weighted by Gasteiger charge is -2.39. The van der Waals surface area contributed by atoms with Gasteiger partial charge < -0.3 is 14.4 Å². The Morgan fingerprint density at radius 1 is 1.36 bits per heavy atom. The van der Waals surface area contributed by atoms with Crippen molar-refractivity contribution in [1.82, 2.24) is 4.90 Å². The standard InChI is InChI=1S/C17H29NO4/c1-7-21-15(19)11-13-8-9-18(14(10-13)12(2)3)16(20)22-17(4,5)6/h11-12,14H,7-10H2,1-6H3/b13-11-. The van der Waals surface area contributed by atoms with Crippen molar-refractivity contribution in [3.63, 3.8) is 0 Å². The second-order valence-corrected chi connectivity index (χ2v) is 6.99. The fourth-order valence-corrected chi connectivity index (χ4v) is 2.54. The fraction of sp³-hybridized carbons (Fsp3) is 0.765. The van der Waals surface area contributed by atoms with Crippen LogP contribution >= 0.6 is 0 Å². The van der Waals surface area contributed by atoms with Gasteiger partial charge in [-0.3, -0.25) is 0 Å². The van der Waals surface area contributed by atoms with Crippen LogP contribution in [0.2, 0.25) is 0 Å². The molecule has 126 valence electrons. The molecule has 1 saturated heterocycles. The number of ether oxygens (including phenoxy) is 2. The predicted octanol–water partition coefficient (Wildman–Crippen LogP) is 3.53. The first-order valence-electron chi connectivity index (χ1n) is 8.00. The van der Waals surface area contributed by atoms with Crippen LogP contribution in [0.4, 0.5) is 4.79 Å². The molecule has 22 heavy (non-hydrogen) atoms. The summed E-state index contributed by atoms with van der Waals surface area (Å²) in [5.74, 6) is -0.0101. The molecule has 0 N–H and O–H groups in total. The number of amides is 1. The van der Waals surface area contributed by atoms with Gasteiger partial charge in [-0.25, -0.2) is 9.59 Å². The molecule has 1 heterocycles. The lowest BCUT2D eigenvalue weighted by molar-refractivity contribution is -0.137. The zero-order valence-corrected chi connectivity index (χ0v) is 14.6. The summed E-state index contributed by atoms with van der Waals surface area (Å²) in [4.78, 5) is 25.7. The number of carbonyl (C=O) groups excluding carboxylic acids is 2. The van der Waals surface area contributed by atoms with Gasteiger partial charge in [0.05, 0.1) is 6.61 Å². The van der Waals surface area contributed by atoms with Gasteiger partial charge >= 0.3 is 12.1 Å². The Labute approximate surface area is 133 Å². The van der Waals surface area contributed by atoms with E-state index in [0.717, 1.165) is 5.57 Å². The first-order valence-corrected chi connectivity index (χ1v) is 8.00. The molecule has 1 aliphatic rings. The molecule has 0 spiro atoms. The number of rotatable bonds is 3. The second kappa shape index (κ2) is 7.65. The van der Waals surface area contributed by atoms with E-state index in [2.05, 4.69) is 13.8 Å². The Morgan fingerprint density at radius 2 is 2.00 bits per heavy atom. The molecule has 0 aliphatic carbocycles. The molecular weight excluding hydrogens is 282 g/mol. The third-order valence-corrected chi connectivity index (χ3v) is 3.55. The van der Waals surface area contributed by atoms with Crippen LogP contribution in [0.1, 0.15) is 54.4 Å². The summed E-state index contributed by atoms with van der Waals surface area (Å²) in [6.07, 6.45) is 2.67. The van der Waals surface area contributed by atoms with E-state index in [-0.39, 0.29) is 18.1 Å². The minimum Gasteiger partial charge on any atom is -0.463 e. The fourth-order valence-electron chi connectivity index (χ4n) is 2.54. The molecular formula is C17H29NO4. The number of hydrogen-bond donors (Lipinski definition) is 0. The molecule has 1 unspecified atom stereocenters. The highest BCUT2D eigenvalue weighted by Crippen LogP contribution is 2.28. The second-order valence-electron chi connectivity index (χ2n) is 6.99. The molecule has 5 heteroatoms. The molecule has 0 aromatic rings. The summed E-state index contributed by atoms with van der Waals surface area (Å²) in [5.41, 5.74) is 0.539. The van der Waals surface area contributed by atoms with Crippen molar-refractivity contribution < 1.29 is 19.1 Å². The van der Waals surface area contributed by atoms with Crippen LogP contribution in [0.5, 0.6) is 0 Å². The Morgan fingerprint density at radius 3 is 2.50 bits per heavy atom. The number of likely N-dealkylation sites (tertiary alicyclic amines) is 1. The van der Waals surface area contributed by atoms with Crippen molar-refractivity contribution in [2.24, 2.45) is 5.92 Å². The Bertz CT molecular complexity index is 434. The minimum absolute atomic E-state index is 0.0456. The zero-order valence-electron chi connectivity index (χ0n) is 14.6. The topological polar surface area (TPSA) is 55.8 Å². The van der Waals surface area contributed by atoms with Gasteiger partial charge in [0.1, 0.15) is 5.60 Å². The maximum Gasteiger partial charge on any atom is 0.410 e. The van der Waals surface area contributed by atoms with Crippen molar-refractivity contribution in [2.45, 2.75) is 66.0 Å². The van der Waals surface area contributed by atoms with Gasteiger partial charge in [0.2, 0.25) is 0 Å². The van der Waals surface area contributed by atoms with E-state index < -0.39 is 5.60 Å². The normalized spacial score (nSPS) is 21.1. The highest BCUT2D eigenvalue weighted by Gasteiger charge is 2.33. The van der Waals surface area contributed by atoms with Crippen LogP contribution in [0.25, 0.3) is 0 Å². The lowest BCUT2D eigenvalue weighted by atomic mass is 9.89. The summed E-state index contributed by atoms with van der Waals surface area (Å²) in [6, 6.07) is 0.0456. The highest BCUT2D eigenvalue weighted by atomic mass is 16.6. The van der Waals surface area contributed by atoms with Crippen molar-refractivity contribution in [1.29, 1.82) is 0 Å². The third kappa shape index (κ3) is 5.70. The summed E-state index contributed by atoms with van der Waals surface area (Å²) in [5, 5.41) is 0. The molecule has 1 atom stereocenters. The molecule has 1 aliphatic heterocycles. The predicted molar refractivity (Wildman–Crippen MR) is 85.5 cm³/mol. The van der Waals surface area contributed by atoms with Crippen LogP contribution in [-0.2, 0) is 14.3 Å². The van der Waals surface area contributed by atoms with Gasteiger partial charge in [0.25, 0.3) is 0 Å². The van der Waals surface area contributed by atoms with Gasteiger partial charge in [0.15, 0.2) is 0 Å². The van der Waals surface area contributed by atoms with Crippen molar-refractivity contribution in [2.75, 3.05) is 13.2 Å². The molecule has 5 nitrogen and oxygen atoms in total. The van der Waals surface area contributed by atoms with E-state index in [0.29, 0.717) is 31.9 Å². The first-order chi connectivity index (χ1) is 10.1. The maximum absolute atomic E-state index is 12.4. The van der Waals surface area contributed by atoms with Crippen molar-refractivity contribution in [3.05, 3.63) is 11.6 Å². The lowest BCUT2D eigenvalue weighted by Crippen LogP contribution is -2.48. The van der Waals surface area contributed by atoms with Gasteiger partial charge in [-0.15, -0.1) is 0 Å². The van der Waals surface area contributed by atoms with Crippen molar-refractivity contribution >= 4 is 12.1 Å². The molecule has 0 aromatic heterocycles. The van der Waals surface area contributed by atoms with E-state index in [1.165, 1.54) is 0 Å². The Balaban J connectivity index is 2.80. The Kier molecular flexibility index (Phi) is 6.45. The third-order valence-electron chi connectivity index (χ3n) is 3.55. The molecule has 1 rings (SSSR count). The molecule has 0 aromatic carbocycles.